The Bertz CT molecular complexity index is 1410. The molecule has 2 saturated heterocycles. The van der Waals surface area contributed by atoms with E-state index in [1.807, 2.05) is 91.0 Å². The molecule has 1 N–H and O–H groups in total. The number of nitrogens with zero attached hydrogens (tertiary/aromatic N) is 1. The van der Waals surface area contributed by atoms with Gasteiger partial charge in [-0.3, -0.25) is 14.4 Å². The Morgan fingerprint density at radius 2 is 1.57 bits per heavy atom. The molecule has 2 aliphatic heterocycles. The Morgan fingerprint density at radius 3 is 2.12 bits per heavy atom. The Kier molecular flexibility index (Phi) is 8.77. The molecule has 216 valence electrons. The van der Waals surface area contributed by atoms with Crippen molar-refractivity contribution in [2.45, 2.75) is 48.9 Å². The van der Waals surface area contributed by atoms with Crippen LogP contribution in [0.3, 0.4) is 0 Å². The standard InChI is InChI=1S/C33H32N2O6S/c1-3-19-33(41-22(2)36)21-42-31-27(34-26(37)20-23-13-7-4-8-14-23)30(38)35(31)29(33)32(39)40-28(24-15-9-5-10-16-24)25-17-11-6-12-18-25/h3-18,27-29,31H,1,19-21H2,2H3,(H,34,37)/t27-,29+,31-,33+/m1/s1. The molecule has 4 atom stereocenters. The maximum absolute atomic E-state index is 14.2. The summed E-state index contributed by atoms with van der Waals surface area (Å²) in [4.78, 5) is 54.4. The molecule has 2 fully saturated rings. The third-order valence-electron chi connectivity index (χ3n) is 7.38. The van der Waals surface area contributed by atoms with Gasteiger partial charge in [0.1, 0.15) is 11.4 Å². The molecular weight excluding hydrogens is 552 g/mol. The summed E-state index contributed by atoms with van der Waals surface area (Å²) in [5.74, 6) is -1.82. The van der Waals surface area contributed by atoms with Crippen molar-refractivity contribution in [3.63, 3.8) is 0 Å². The predicted molar refractivity (Wildman–Crippen MR) is 159 cm³/mol. The average Bonchev–Trinajstić information content (AvgIpc) is 2.99. The molecule has 3 aromatic rings. The highest BCUT2D eigenvalue weighted by molar-refractivity contribution is 8.00. The minimum Gasteiger partial charge on any atom is -0.455 e. The number of nitrogens with one attached hydrogen (secondary N) is 1. The number of esters is 2. The van der Waals surface area contributed by atoms with Gasteiger partial charge in [-0.15, -0.1) is 18.3 Å². The van der Waals surface area contributed by atoms with E-state index in [0.717, 1.165) is 16.7 Å². The zero-order valence-corrected chi connectivity index (χ0v) is 24.0. The quantitative estimate of drug-likeness (QED) is 0.216. The smallest absolute Gasteiger partial charge is 0.334 e. The molecule has 42 heavy (non-hydrogen) atoms. The number of amides is 2. The molecule has 8 nitrogen and oxygen atoms in total. The van der Waals surface area contributed by atoms with Gasteiger partial charge < -0.3 is 19.7 Å². The summed E-state index contributed by atoms with van der Waals surface area (Å²) in [6, 6.07) is 25.8. The molecule has 0 spiro atoms. The minimum atomic E-state index is -1.39. The van der Waals surface area contributed by atoms with Crippen LogP contribution in [-0.2, 0) is 35.1 Å². The van der Waals surface area contributed by atoms with Gasteiger partial charge in [0.25, 0.3) is 0 Å². The van der Waals surface area contributed by atoms with Crippen LogP contribution in [0.25, 0.3) is 0 Å². The molecular formula is C33H32N2O6S. The van der Waals surface area contributed by atoms with E-state index >= 15 is 0 Å². The number of benzene rings is 3. The van der Waals surface area contributed by atoms with Crippen molar-refractivity contribution < 1.29 is 28.7 Å². The second-order valence-electron chi connectivity index (χ2n) is 10.3. The molecule has 0 saturated carbocycles. The third-order valence-corrected chi connectivity index (χ3v) is 8.87. The van der Waals surface area contributed by atoms with Crippen LogP contribution in [0.1, 0.15) is 36.1 Å². The Morgan fingerprint density at radius 1 is 1.00 bits per heavy atom. The largest absolute Gasteiger partial charge is 0.455 e. The molecule has 0 unspecified atom stereocenters. The van der Waals surface area contributed by atoms with E-state index in [9.17, 15) is 19.2 Å². The number of carbonyl (C=O) groups excluding carboxylic acids is 4. The first-order chi connectivity index (χ1) is 20.3. The number of hydrogen-bond acceptors (Lipinski definition) is 7. The van der Waals surface area contributed by atoms with Gasteiger partial charge in [0, 0.05) is 19.1 Å². The average molecular weight is 585 g/mol. The molecule has 5 rings (SSSR count). The van der Waals surface area contributed by atoms with E-state index in [4.69, 9.17) is 9.47 Å². The maximum Gasteiger partial charge on any atom is 0.334 e. The van der Waals surface area contributed by atoms with E-state index in [0.29, 0.717) is 0 Å². The Balaban J connectivity index is 1.44. The van der Waals surface area contributed by atoms with Crippen LogP contribution in [0, 0.1) is 0 Å². The Labute approximate surface area is 249 Å². The van der Waals surface area contributed by atoms with Gasteiger partial charge in [-0.05, 0) is 16.7 Å². The van der Waals surface area contributed by atoms with Crippen LogP contribution in [0.5, 0.6) is 0 Å². The first kappa shape index (κ1) is 29.1. The summed E-state index contributed by atoms with van der Waals surface area (Å²) in [6.45, 7) is 5.09. The molecule has 0 radical (unpaired) electrons. The molecule has 2 aliphatic rings. The van der Waals surface area contributed by atoms with Crippen molar-refractivity contribution >= 4 is 35.5 Å². The van der Waals surface area contributed by atoms with Crippen LogP contribution in [0.15, 0.2) is 104 Å². The van der Waals surface area contributed by atoms with E-state index in [2.05, 4.69) is 11.9 Å². The van der Waals surface area contributed by atoms with Crippen molar-refractivity contribution in [1.29, 1.82) is 0 Å². The van der Waals surface area contributed by atoms with Crippen LogP contribution in [-0.4, -0.2) is 57.5 Å². The number of hydrogen-bond donors (Lipinski definition) is 1. The maximum atomic E-state index is 14.2. The lowest BCUT2D eigenvalue weighted by Crippen LogP contribution is -2.79. The number of fused-ring (bicyclic) bond motifs is 1. The second-order valence-corrected chi connectivity index (χ2v) is 11.5. The van der Waals surface area contributed by atoms with E-state index in [1.54, 1.807) is 6.08 Å². The minimum absolute atomic E-state index is 0.122. The number of ether oxygens (including phenoxy) is 2. The zero-order valence-electron chi connectivity index (χ0n) is 23.2. The van der Waals surface area contributed by atoms with Crippen molar-refractivity contribution in [2.75, 3.05) is 5.75 Å². The molecule has 3 aromatic carbocycles. The number of β-lactam (4-membered cyclic amide) rings is 1. The molecule has 0 bridgehead atoms. The van der Waals surface area contributed by atoms with Crippen LogP contribution >= 0.6 is 11.8 Å². The highest BCUT2D eigenvalue weighted by Crippen LogP contribution is 2.46. The highest BCUT2D eigenvalue weighted by atomic mass is 32.2. The van der Waals surface area contributed by atoms with E-state index in [-0.39, 0.29) is 24.5 Å². The number of carbonyl (C=O) groups is 4. The predicted octanol–water partition coefficient (Wildman–Crippen LogP) is 4.21. The fourth-order valence-corrected chi connectivity index (χ4v) is 7.11. The Hall–Kier alpha value is -4.37. The third kappa shape index (κ3) is 5.97. The summed E-state index contributed by atoms with van der Waals surface area (Å²) in [5, 5.41) is 2.30. The lowest BCUT2D eigenvalue weighted by Gasteiger charge is -2.57. The SMILES string of the molecule is C=CC[C@]1(OC(C)=O)CS[C@@H]2[C@H](NC(=O)Cc3ccccc3)C(=O)N2[C@H]1C(=O)OC(c1ccccc1)c1ccccc1. The van der Waals surface area contributed by atoms with Gasteiger partial charge in [-0.1, -0.05) is 97.1 Å². The summed E-state index contributed by atoms with van der Waals surface area (Å²) in [7, 11) is 0. The normalized spacial score (nSPS) is 22.9. The summed E-state index contributed by atoms with van der Waals surface area (Å²) < 4.78 is 12.0. The molecule has 0 aliphatic carbocycles. The first-order valence-electron chi connectivity index (χ1n) is 13.7. The monoisotopic (exact) mass is 584 g/mol. The number of rotatable bonds is 10. The van der Waals surface area contributed by atoms with Gasteiger partial charge in [0.2, 0.25) is 11.8 Å². The van der Waals surface area contributed by atoms with Crippen molar-refractivity contribution in [1.82, 2.24) is 10.2 Å². The molecule has 2 heterocycles. The first-order valence-corrected chi connectivity index (χ1v) is 14.8. The van der Waals surface area contributed by atoms with E-state index < -0.39 is 47.0 Å². The van der Waals surface area contributed by atoms with E-state index in [1.165, 1.54) is 23.6 Å². The van der Waals surface area contributed by atoms with Gasteiger partial charge in [-0.25, -0.2) is 4.79 Å². The lowest BCUT2D eigenvalue weighted by molar-refractivity contribution is -0.190. The van der Waals surface area contributed by atoms with Crippen molar-refractivity contribution in [3.8, 4) is 0 Å². The van der Waals surface area contributed by atoms with Gasteiger partial charge in [0.15, 0.2) is 17.7 Å². The summed E-state index contributed by atoms with van der Waals surface area (Å²) in [5.41, 5.74) is 0.936. The fraction of sp³-hybridized carbons (Fsp3) is 0.273. The molecule has 2 amide bonds. The summed E-state index contributed by atoms with van der Waals surface area (Å²) in [6.07, 6.45) is 1.06. The van der Waals surface area contributed by atoms with Gasteiger partial charge in [0.05, 0.1) is 6.42 Å². The van der Waals surface area contributed by atoms with Crippen molar-refractivity contribution in [2.24, 2.45) is 0 Å². The molecule has 9 heteroatoms. The second kappa shape index (κ2) is 12.7. The topological polar surface area (TPSA) is 102 Å². The fourth-order valence-electron chi connectivity index (χ4n) is 5.56. The van der Waals surface area contributed by atoms with Gasteiger partial charge >= 0.3 is 11.9 Å². The highest BCUT2D eigenvalue weighted by Gasteiger charge is 2.64. The van der Waals surface area contributed by atoms with Crippen LogP contribution in [0.2, 0.25) is 0 Å². The lowest BCUT2D eigenvalue weighted by atomic mass is 9.86. The van der Waals surface area contributed by atoms with Crippen LogP contribution < -0.4 is 5.32 Å². The zero-order chi connectivity index (χ0) is 29.7. The van der Waals surface area contributed by atoms with Crippen molar-refractivity contribution in [3.05, 3.63) is 120 Å². The molecule has 0 aromatic heterocycles. The summed E-state index contributed by atoms with van der Waals surface area (Å²) >= 11 is 1.35. The van der Waals surface area contributed by atoms with Crippen LogP contribution in [0.4, 0.5) is 0 Å². The van der Waals surface area contributed by atoms with Gasteiger partial charge in [-0.2, -0.15) is 0 Å². The number of thioether (sulfide) groups is 1.